The lowest BCUT2D eigenvalue weighted by molar-refractivity contribution is -0.205. The van der Waals surface area contributed by atoms with E-state index in [9.17, 15) is 9.59 Å². The lowest BCUT2D eigenvalue weighted by atomic mass is 10.2. The molecule has 5 N–H and O–H groups in total. The molecule has 17 heavy (non-hydrogen) atoms. The van der Waals surface area contributed by atoms with Crippen molar-refractivity contribution in [2.24, 2.45) is 0 Å². The number of hydrogen-bond donors (Lipinski definition) is 5. The molecule has 0 saturated heterocycles. The highest BCUT2D eigenvalue weighted by atomic mass is 16.5. The number of carbonyl (C=O) groups is 2. The molecule has 0 rings (SSSR count). The largest absolute Gasteiger partial charge is 0.481 e. The monoisotopic (exact) mass is 252 g/mol. The number of unbranched alkanes of at least 4 members (excludes halogenated alkanes) is 1. The molecule has 7 nitrogen and oxygen atoms in total. The summed E-state index contributed by atoms with van der Waals surface area (Å²) in [6.45, 7) is 2.43. The van der Waals surface area contributed by atoms with E-state index in [1.165, 1.54) is 6.92 Å². The number of carboxylic acid groups (broad SMARTS) is 2. The molecule has 0 aromatic heterocycles. The van der Waals surface area contributed by atoms with Crippen LogP contribution >= 0.6 is 0 Å². The minimum Gasteiger partial charge on any atom is -0.481 e. The molecule has 0 spiro atoms. The zero-order chi connectivity index (χ0) is 14.1. The Bertz CT molecular complexity index is 213. The lowest BCUT2D eigenvalue weighted by Gasteiger charge is -2.17. The topological polar surface area (TPSA) is 135 Å². The maximum absolute atomic E-state index is 9.90. The van der Waals surface area contributed by atoms with Crippen molar-refractivity contribution in [3.8, 4) is 0 Å². The Morgan fingerprint density at radius 1 is 1.06 bits per heavy atom. The smallest absolute Gasteiger partial charge is 0.303 e. The van der Waals surface area contributed by atoms with Crippen LogP contribution < -0.4 is 0 Å². The standard InChI is InChI=1S/C6H10O4.C4H10O3/c7-5(8)3-1-2-4-6(9)10;1-3(5)4(2,6)7/h1-4H2,(H,7,8)(H,9,10);3,5-7H,1-2H3. The fourth-order valence-corrected chi connectivity index (χ4v) is 0.552. The SMILES string of the molecule is CC(O)C(C)(O)O.O=C(O)CCCCC(=O)O. The van der Waals surface area contributed by atoms with Gasteiger partial charge in [-0.15, -0.1) is 0 Å². The minimum atomic E-state index is -1.94. The molecule has 102 valence electrons. The van der Waals surface area contributed by atoms with Crippen molar-refractivity contribution in [3.05, 3.63) is 0 Å². The fraction of sp³-hybridized carbons (Fsp3) is 0.800. The van der Waals surface area contributed by atoms with Crippen molar-refractivity contribution in [1.82, 2.24) is 0 Å². The number of hydrogen-bond acceptors (Lipinski definition) is 5. The van der Waals surface area contributed by atoms with Crippen LogP contribution in [0.3, 0.4) is 0 Å². The Balaban J connectivity index is 0. The van der Waals surface area contributed by atoms with E-state index >= 15 is 0 Å². The lowest BCUT2D eigenvalue weighted by Crippen LogP contribution is -2.36. The molecule has 1 atom stereocenters. The molecular weight excluding hydrogens is 232 g/mol. The van der Waals surface area contributed by atoms with Gasteiger partial charge in [-0.2, -0.15) is 0 Å². The Kier molecular flexibility index (Phi) is 9.54. The van der Waals surface area contributed by atoms with Crippen molar-refractivity contribution < 1.29 is 35.1 Å². The van der Waals surface area contributed by atoms with E-state index in [4.69, 9.17) is 25.5 Å². The second-order valence-electron chi connectivity index (χ2n) is 3.76. The van der Waals surface area contributed by atoms with E-state index in [0.29, 0.717) is 12.8 Å². The van der Waals surface area contributed by atoms with Crippen LogP contribution in [0, 0.1) is 0 Å². The summed E-state index contributed by atoms with van der Waals surface area (Å²) < 4.78 is 0. The average molecular weight is 252 g/mol. The van der Waals surface area contributed by atoms with Gasteiger partial charge in [-0.05, 0) is 26.7 Å². The normalized spacial score (nSPS) is 12.3. The fourth-order valence-electron chi connectivity index (χ4n) is 0.552. The molecule has 0 fully saturated rings. The van der Waals surface area contributed by atoms with Crippen LogP contribution in [0.2, 0.25) is 0 Å². The van der Waals surface area contributed by atoms with Crippen LogP contribution in [0.15, 0.2) is 0 Å². The summed E-state index contributed by atoms with van der Waals surface area (Å²) in [5.74, 6) is -3.68. The molecule has 0 saturated carbocycles. The van der Waals surface area contributed by atoms with Crippen LogP contribution in [0.4, 0.5) is 0 Å². The Hall–Kier alpha value is -1.18. The van der Waals surface area contributed by atoms with Crippen molar-refractivity contribution >= 4 is 11.9 Å². The molecule has 0 radical (unpaired) electrons. The molecule has 0 aliphatic heterocycles. The van der Waals surface area contributed by atoms with Crippen molar-refractivity contribution in [2.45, 2.75) is 51.4 Å². The van der Waals surface area contributed by atoms with Gasteiger partial charge in [0.1, 0.15) is 6.10 Å². The molecule has 0 bridgehead atoms. The summed E-state index contributed by atoms with van der Waals surface area (Å²) >= 11 is 0. The zero-order valence-corrected chi connectivity index (χ0v) is 9.96. The van der Waals surface area contributed by atoms with Crippen LogP contribution in [-0.4, -0.2) is 49.4 Å². The van der Waals surface area contributed by atoms with Gasteiger partial charge >= 0.3 is 11.9 Å². The molecule has 0 heterocycles. The molecule has 0 amide bonds. The Morgan fingerprint density at radius 3 is 1.41 bits per heavy atom. The predicted octanol–water partition coefficient (Wildman–Crippen LogP) is -0.216. The third-order valence-electron chi connectivity index (χ3n) is 1.82. The summed E-state index contributed by atoms with van der Waals surface area (Å²) in [6.07, 6.45) is -0.0726. The summed E-state index contributed by atoms with van der Waals surface area (Å²) in [6, 6.07) is 0. The molecule has 0 aliphatic rings. The van der Waals surface area contributed by atoms with Gasteiger partial charge in [-0.1, -0.05) is 0 Å². The van der Waals surface area contributed by atoms with Gasteiger partial charge in [-0.3, -0.25) is 9.59 Å². The average Bonchev–Trinajstić information content (AvgIpc) is 2.11. The van der Waals surface area contributed by atoms with Gasteiger partial charge in [0.2, 0.25) is 0 Å². The van der Waals surface area contributed by atoms with Gasteiger partial charge in [-0.25, -0.2) is 0 Å². The van der Waals surface area contributed by atoms with E-state index in [2.05, 4.69) is 0 Å². The predicted molar refractivity (Wildman–Crippen MR) is 58.3 cm³/mol. The summed E-state index contributed by atoms with van der Waals surface area (Å²) in [5, 5.41) is 41.5. The van der Waals surface area contributed by atoms with E-state index in [1.54, 1.807) is 0 Å². The van der Waals surface area contributed by atoms with Gasteiger partial charge in [0.05, 0.1) is 0 Å². The first kappa shape index (κ1) is 18.2. The van der Waals surface area contributed by atoms with E-state index in [-0.39, 0.29) is 12.8 Å². The second kappa shape index (κ2) is 8.91. The quantitative estimate of drug-likeness (QED) is 0.326. The Labute approximate surface area is 99.3 Å². The summed E-state index contributed by atoms with van der Waals surface area (Å²) in [4.78, 5) is 19.8. The third-order valence-corrected chi connectivity index (χ3v) is 1.82. The molecule has 7 heteroatoms. The second-order valence-corrected chi connectivity index (χ2v) is 3.76. The number of carboxylic acids is 2. The van der Waals surface area contributed by atoms with Gasteiger partial charge < -0.3 is 25.5 Å². The van der Waals surface area contributed by atoms with Gasteiger partial charge in [0.15, 0.2) is 5.79 Å². The van der Waals surface area contributed by atoms with Crippen molar-refractivity contribution in [1.29, 1.82) is 0 Å². The molecule has 0 aromatic carbocycles. The van der Waals surface area contributed by atoms with Gasteiger partial charge in [0, 0.05) is 12.8 Å². The number of aliphatic hydroxyl groups excluding tert-OH is 1. The maximum atomic E-state index is 9.90. The number of rotatable bonds is 6. The van der Waals surface area contributed by atoms with Crippen LogP contribution in [0.5, 0.6) is 0 Å². The summed E-state index contributed by atoms with van der Waals surface area (Å²) in [5.41, 5.74) is 0. The van der Waals surface area contributed by atoms with Crippen molar-refractivity contribution in [2.75, 3.05) is 0 Å². The highest BCUT2D eigenvalue weighted by Gasteiger charge is 2.21. The van der Waals surface area contributed by atoms with Crippen LogP contribution in [0.25, 0.3) is 0 Å². The van der Waals surface area contributed by atoms with E-state index in [1.807, 2.05) is 0 Å². The number of aliphatic hydroxyl groups is 3. The third kappa shape index (κ3) is 17.4. The molecule has 0 aromatic rings. The van der Waals surface area contributed by atoms with E-state index < -0.39 is 23.8 Å². The highest BCUT2D eigenvalue weighted by Crippen LogP contribution is 2.01. The first-order chi connectivity index (χ1) is 7.57. The Morgan fingerprint density at radius 2 is 1.29 bits per heavy atom. The number of aliphatic carboxylic acids is 2. The van der Waals surface area contributed by atoms with Crippen LogP contribution in [0.1, 0.15) is 39.5 Å². The van der Waals surface area contributed by atoms with E-state index in [0.717, 1.165) is 6.92 Å². The highest BCUT2D eigenvalue weighted by molar-refractivity contribution is 5.67. The maximum Gasteiger partial charge on any atom is 0.303 e. The zero-order valence-electron chi connectivity index (χ0n) is 9.96. The molecule has 1 unspecified atom stereocenters. The van der Waals surface area contributed by atoms with Gasteiger partial charge in [0.25, 0.3) is 0 Å². The molecular formula is C10H20O7. The molecule has 0 aliphatic carbocycles. The van der Waals surface area contributed by atoms with Crippen LogP contribution in [-0.2, 0) is 9.59 Å². The first-order valence-corrected chi connectivity index (χ1v) is 5.13. The minimum absolute atomic E-state index is 0.0628. The van der Waals surface area contributed by atoms with Crippen molar-refractivity contribution in [3.63, 3.8) is 0 Å². The summed E-state index contributed by atoms with van der Waals surface area (Å²) in [7, 11) is 0. The first-order valence-electron chi connectivity index (χ1n) is 5.13.